The summed E-state index contributed by atoms with van der Waals surface area (Å²) in [4.78, 5) is 50.7. The first-order chi connectivity index (χ1) is 15.3. The number of halogens is 3. The summed E-state index contributed by atoms with van der Waals surface area (Å²) in [6.07, 6.45) is 0. The van der Waals surface area contributed by atoms with Crippen LogP contribution in [0, 0.1) is 0 Å². The van der Waals surface area contributed by atoms with Crippen LogP contribution < -0.4 is 5.32 Å². The van der Waals surface area contributed by atoms with Crippen molar-refractivity contribution < 1.29 is 23.9 Å². The molecule has 6 nitrogen and oxygen atoms in total. The van der Waals surface area contributed by atoms with E-state index < -0.39 is 30.0 Å². The summed E-state index contributed by atoms with van der Waals surface area (Å²) in [5.41, 5.74) is 0.450. The number of esters is 1. The Labute approximate surface area is 197 Å². The average Bonchev–Trinajstić information content (AvgIpc) is 2.77. The van der Waals surface area contributed by atoms with E-state index in [1.54, 1.807) is 24.3 Å². The maximum Gasteiger partial charge on any atom is 0.341 e. The van der Waals surface area contributed by atoms with Gasteiger partial charge in [-0.15, -0.1) is 0 Å². The van der Waals surface area contributed by atoms with Crippen molar-refractivity contribution in [3.63, 3.8) is 0 Å². The molecule has 160 valence electrons. The van der Waals surface area contributed by atoms with Crippen molar-refractivity contribution in [2.75, 3.05) is 11.9 Å². The summed E-state index contributed by atoms with van der Waals surface area (Å²) in [5.74, 6) is -2.48. The van der Waals surface area contributed by atoms with E-state index >= 15 is 0 Å². The van der Waals surface area contributed by atoms with E-state index in [2.05, 4.69) is 5.32 Å². The van der Waals surface area contributed by atoms with Gasteiger partial charge in [0.15, 0.2) is 18.2 Å². The molecule has 0 saturated heterocycles. The Kier molecular flexibility index (Phi) is 6.02. The standard InChI is InChI=1S/C23H12Cl3NO5/c24-13-6-3-7-14(25)18(13)23(31)32-10-17(28)27-16-9-8-15(26)19-20(16)22(30)12-5-2-1-4-11(12)21(19)29/h1-9H,10H2,(H,27,28). The molecular weight excluding hydrogens is 477 g/mol. The first-order valence-electron chi connectivity index (χ1n) is 9.21. The van der Waals surface area contributed by atoms with Crippen LogP contribution in [0.4, 0.5) is 5.69 Å². The number of benzene rings is 3. The number of hydrogen-bond acceptors (Lipinski definition) is 5. The van der Waals surface area contributed by atoms with Gasteiger partial charge in [-0.3, -0.25) is 14.4 Å². The lowest BCUT2D eigenvalue weighted by Crippen LogP contribution is -2.26. The van der Waals surface area contributed by atoms with E-state index in [9.17, 15) is 19.2 Å². The number of ketones is 2. The monoisotopic (exact) mass is 487 g/mol. The summed E-state index contributed by atoms with van der Waals surface area (Å²) < 4.78 is 5.00. The maximum atomic E-state index is 13.1. The van der Waals surface area contributed by atoms with Gasteiger partial charge in [0.1, 0.15) is 0 Å². The van der Waals surface area contributed by atoms with Gasteiger partial charge >= 0.3 is 5.97 Å². The fraction of sp³-hybridized carbons (Fsp3) is 0.0435. The van der Waals surface area contributed by atoms with Crippen LogP contribution in [0.25, 0.3) is 0 Å². The normalized spacial score (nSPS) is 12.1. The highest BCUT2D eigenvalue weighted by Crippen LogP contribution is 2.36. The predicted molar refractivity (Wildman–Crippen MR) is 120 cm³/mol. The molecule has 0 fully saturated rings. The third-order valence-electron chi connectivity index (χ3n) is 4.80. The van der Waals surface area contributed by atoms with E-state index in [0.29, 0.717) is 0 Å². The molecule has 9 heteroatoms. The van der Waals surface area contributed by atoms with Crippen LogP contribution in [0.15, 0.2) is 54.6 Å². The third-order valence-corrected chi connectivity index (χ3v) is 5.75. The van der Waals surface area contributed by atoms with Gasteiger partial charge in [0.25, 0.3) is 5.91 Å². The number of carbonyl (C=O) groups is 4. The molecule has 1 N–H and O–H groups in total. The van der Waals surface area contributed by atoms with Crippen LogP contribution in [-0.4, -0.2) is 30.0 Å². The van der Waals surface area contributed by atoms with Gasteiger partial charge in [0.2, 0.25) is 0 Å². The molecule has 0 atom stereocenters. The van der Waals surface area contributed by atoms with Crippen LogP contribution in [-0.2, 0) is 9.53 Å². The Hall–Kier alpha value is -3.19. The van der Waals surface area contributed by atoms with Gasteiger partial charge in [-0.1, -0.05) is 65.1 Å². The van der Waals surface area contributed by atoms with Crippen LogP contribution in [0.1, 0.15) is 42.2 Å². The molecule has 1 aliphatic carbocycles. The maximum absolute atomic E-state index is 13.1. The minimum absolute atomic E-state index is 0.00742. The van der Waals surface area contributed by atoms with Crippen molar-refractivity contribution in [2.45, 2.75) is 0 Å². The molecule has 0 heterocycles. The fourth-order valence-corrected chi connectivity index (χ4v) is 4.17. The molecule has 32 heavy (non-hydrogen) atoms. The third kappa shape index (κ3) is 3.88. The van der Waals surface area contributed by atoms with Crippen LogP contribution in [0.3, 0.4) is 0 Å². The SMILES string of the molecule is O=C(COC(=O)c1c(Cl)cccc1Cl)Nc1ccc(Cl)c2c1C(=O)c1ccccc1C2=O. The zero-order chi connectivity index (χ0) is 23.0. The van der Waals surface area contributed by atoms with E-state index in [1.165, 1.54) is 30.3 Å². The van der Waals surface area contributed by atoms with E-state index in [-0.39, 0.29) is 48.6 Å². The Bertz CT molecular complexity index is 1300. The number of amides is 1. The second kappa shape index (κ2) is 8.74. The van der Waals surface area contributed by atoms with Gasteiger partial charge in [-0.05, 0) is 24.3 Å². The van der Waals surface area contributed by atoms with Crippen molar-refractivity contribution in [3.05, 3.63) is 97.5 Å². The van der Waals surface area contributed by atoms with Crippen LogP contribution in [0.2, 0.25) is 15.1 Å². The number of rotatable bonds is 4. The zero-order valence-electron chi connectivity index (χ0n) is 16.1. The summed E-state index contributed by atoms with van der Waals surface area (Å²) in [5, 5.41) is 2.75. The Balaban J connectivity index is 1.57. The predicted octanol–water partition coefficient (Wildman–Crippen LogP) is 5.22. The molecule has 0 aliphatic heterocycles. The fourth-order valence-electron chi connectivity index (χ4n) is 3.37. The number of ether oxygens (including phenoxy) is 1. The molecule has 0 saturated carbocycles. The molecule has 0 radical (unpaired) electrons. The second-order valence-electron chi connectivity index (χ2n) is 6.77. The van der Waals surface area contributed by atoms with E-state index in [1.807, 2.05) is 0 Å². The molecule has 1 aliphatic rings. The van der Waals surface area contributed by atoms with E-state index in [4.69, 9.17) is 39.5 Å². The summed E-state index contributed by atoms with van der Waals surface area (Å²) in [6.45, 7) is -0.670. The van der Waals surface area contributed by atoms with Gasteiger partial charge in [0, 0.05) is 11.1 Å². The molecule has 0 unspecified atom stereocenters. The molecule has 3 aromatic carbocycles. The van der Waals surface area contributed by atoms with Gasteiger partial charge < -0.3 is 10.1 Å². The molecular formula is C23H12Cl3NO5. The highest BCUT2D eigenvalue weighted by atomic mass is 35.5. The first-order valence-corrected chi connectivity index (χ1v) is 10.3. The van der Waals surface area contributed by atoms with Gasteiger partial charge in [0.05, 0.1) is 37.4 Å². The number of carbonyl (C=O) groups excluding carboxylic acids is 4. The van der Waals surface area contributed by atoms with Crippen LogP contribution >= 0.6 is 34.8 Å². The first kappa shape index (κ1) is 22.0. The molecule has 0 bridgehead atoms. The minimum Gasteiger partial charge on any atom is -0.452 e. The van der Waals surface area contributed by atoms with Crippen molar-refractivity contribution in [2.24, 2.45) is 0 Å². The molecule has 1 amide bonds. The van der Waals surface area contributed by atoms with Crippen LogP contribution in [0.5, 0.6) is 0 Å². The molecule has 3 aromatic rings. The highest BCUT2D eigenvalue weighted by molar-refractivity contribution is 6.40. The smallest absolute Gasteiger partial charge is 0.341 e. The number of hydrogen-bond donors (Lipinski definition) is 1. The topological polar surface area (TPSA) is 89.5 Å². The quantitative estimate of drug-likeness (QED) is 0.398. The Morgan fingerprint density at radius 2 is 1.34 bits per heavy atom. The number of nitrogens with one attached hydrogen (secondary N) is 1. The lowest BCUT2D eigenvalue weighted by Gasteiger charge is -2.21. The lowest BCUT2D eigenvalue weighted by atomic mass is 9.83. The van der Waals surface area contributed by atoms with E-state index in [0.717, 1.165) is 0 Å². The average molecular weight is 489 g/mol. The van der Waals surface area contributed by atoms with Gasteiger partial charge in [-0.2, -0.15) is 0 Å². The molecule has 0 spiro atoms. The van der Waals surface area contributed by atoms with Crippen molar-refractivity contribution in [1.82, 2.24) is 0 Å². The minimum atomic E-state index is -0.880. The summed E-state index contributed by atoms with van der Waals surface area (Å²) in [7, 11) is 0. The van der Waals surface area contributed by atoms with Crippen molar-refractivity contribution >= 4 is 63.9 Å². The lowest BCUT2D eigenvalue weighted by molar-refractivity contribution is -0.119. The summed E-state index contributed by atoms with van der Waals surface area (Å²) >= 11 is 18.1. The van der Waals surface area contributed by atoms with Gasteiger partial charge in [-0.25, -0.2) is 4.79 Å². The molecule has 0 aromatic heterocycles. The zero-order valence-corrected chi connectivity index (χ0v) is 18.3. The number of fused-ring (bicyclic) bond motifs is 2. The van der Waals surface area contributed by atoms with Crippen molar-refractivity contribution in [3.8, 4) is 0 Å². The Morgan fingerprint density at radius 1 is 0.750 bits per heavy atom. The molecule has 4 rings (SSSR count). The largest absolute Gasteiger partial charge is 0.452 e. The Morgan fingerprint density at radius 3 is 1.97 bits per heavy atom. The second-order valence-corrected chi connectivity index (χ2v) is 7.99. The summed E-state index contributed by atoms with van der Waals surface area (Å²) in [6, 6.07) is 13.7. The number of anilines is 1. The highest BCUT2D eigenvalue weighted by Gasteiger charge is 2.33. The van der Waals surface area contributed by atoms with Crippen molar-refractivity contribution in [1.29, 1.82) is 0 Å².